The number of hydrogen-bond acceptors (Lipinski definition) is 1. The van der Waals surface area contributed by atoms with Crippen LogP contribution in [0.2, 0.25) is 0 Å². The smallest absolute Gasteiger partial charge is 0.176 e. The summed E-state index contributed by atoms with van der Waals surface area (Å²) >= 11 is 0. The Hall–Kier alpha value is -1.57. The molecule has 2 aromatic rings. The van der Waals surface area contributed by atoms with Crippen molar-refractivity contribution in [2.24, 2.45) is 0 Å². The summed E-state index contributed by atoms with van der Waals surface area (Å²) in [6, 6.07) is 10.9. The van der Waals surface area contributed by atoms with Gasteiger partial charge in [0.25, 0.3) is 0 Å². The van der Waals surface area contributed by atoms with Gasteiger partial charge in [0.1, 0.15) is 0 Å². The number of aromatic nitrogens is 1. The van der Waals surface area contributed by atoms with Crippen molar-refractivity contribution in [2.45, 2.75) is 38.6 Å². The van der Waals surface area contributed by atoms with E-state index in [2.05, 4.69) is 22.8 Å². The molecule has 1 heterocycles. The van der Waals surface area contributed by atoms with Gasteiger partial charge in [-0.05, 0) is 25.0 Å². The van der Waals surface area contributed by atoms with E-state index in [-0.39, 0.29) is 5.78 Å². The van der Waals surface area contributed by atoms with Crippen LogP contribution >= 0.6 is 0 Å². The number of ketones is 1. The van der Waals surface area contributed by atoms with Crippen molar-refractivity contribution in [3.05, 3.63) is 36.0 Å². The minimum absolute atomic E-state index is 0.174. The summed E-state index contributed by atoms with van der Waals surface area (Å²) in [5.41, 5.74) is 2.09. The molecule has 0 spiro atoms. The van der Waals surface area contributed by atoms with Gasteiger partial charge in [-0.15, -0.1) is 0 Å². The van der Waals surface area contributed by atoms with Crippen LogP contribution in [0.5, 0.6) is 0 Å². The van der Waals surface area contributed by atoms with Crippen LogP contribution in [-0.2, 0) is 0 Å². The molecule has 2 nitrogen and oxygen atoms in total. The van der Waals surface area contributed by atoms with Crippen LogP contribution in [0.1, 0.15) is 49.1 Å². The first-order valence-corrected chi connectivity index (χ1v) is 6.38. The summed E-state index contributed by atoms with van der Waals surface area (Å²) in [4.78, 5) is 11.8. The van der Waals surface area contributed by atoms with Crippen molar-refractivity contribution in [1.82, 2.24) is 4.57 Å². The molecule has 1 aromatic heterocycles. The van der Waals surface area contributed by atoms with Gasteiger partial charge in [-0.25, -0.2) is 0 Å². The van der Waals surface area contributed by atoms with Crippen molar-refractivity contribution in [3.63, 3.8) is 0 Å². The number of benzene rings is 1. The minimum Gasteiger partial charge on any atom is -0.335 e. The molecule has 2 heteroatoms. The standard InChI is InChI=1S/C15H17NO/c1-11(17)15-10-12-6-2-5-9-14(12)16(15)13-7-3-4-8-13/h2,5-6,9-10,13H,3-4,7-8H2,1H3. The molecule has 0 aliphatic heterocycles. The lowest BCUT2D eigenvalue weighted by atomic mass is 10.2. The van der Waals surface area contributed by atoms with Crippen LogP contribution < -0.4 is 0 Å². The fraction of sp³-hybridized carbons (Fsp3) is 0.400. The van der Waals surface area contributed by atoms with Gasteiger partial charge < -0.3 is 4.57 Å². The van der Waals surface area contributed by atoms with Gasteiger partial charge >= 0.3 is 0 Å². The first-order valence-electron chi connectivity index (χ1n) is 6.38. The lowest BCUT2D eigenvalue weighted by Gasteiger charge is -2.16. The Labute approximate surface area is 101 Å². The highest BCUT2D eigenvalue weighted by Gasteiger charge is 2.22. The third-order valence-electron chi connectivity index (χ3n) is 3.80. The highest BCUT2D eigenvalue weighted by molar-refractivity contribution is 5.98. The van der Waals surface area contributed by atoms with E-state index in [1.165, 1.54) is 36.6 Å². The number of carbonyl (C=O) groups excluding carboxylic acids is 1. The van der Waals surface area contributed by atoms with Gasteiger partial charge in [-0.3, -0.25) is 4.79 Å². The number of nitrogens with zero attached hydrogens (tertiary/aromatic N) is 1. The SMILES string of the molecule is CC(=O)c1cc2ccccc2n1C1CCCC1. The predicted octanol–water partition coefficient (Wildman–Crippen LogP) is 3.96. The zero-order valence-corrected chi connectivity index (χ0v) is 10.1. The Kier molecular flexibility index (Phi) is 2.50. The second kappa shape index (κ2) is 4.02. The fourth-order valence-electron chi connectivity index (χ4n) is 3.00. The molecule has 1 aliphatic carbocycles. The third kappa shape index (κ3) is 1.68. The van der Waals surface area contributed by atoms with Gasteiger partial charge in [0.2, 0.25) is 0 Å². The second-order valence-electron chi connectivity index (χ2n) is 4.95. The first kappa shape index (κ1) is 10.6. The van der Waals surface area contributed by atoms with Gasteiger partial charge in [0.15, 0.2) is 5.78 Å². The van der Waals surface area contributed by atoms with Crippen LogP contribution in [0.3, 0.4) is 0 Å². The van der Waals surface area contributed by atoms with E-state index in [1.54, 1.807) is 6.92 Å². The average molecular weight is 227 g/mol. The molecule has 1 fully saturated rings. The Morgan fingerprint density at radius 2 is 1.94 bits per heavy atom. The lowest BCUT2D eigenvalue weighted by molar-refractivity contribution is 0.100. The fourth-order valence-corrected chi connectivity index (χ4v) is 3.00. The maximum atomic E-state index is 11.8. The second-order valence-corrected chi connectivity index (χ2v) is 4.95. The first-order chi connectivity index (χ1) is 8.27. The summed E-state index contributed by atoms with van der Waals surface area (Å²) < 4.78 is 2.27. The van der Waals surface area contributed by atoms with Crippen LogP contribution in [0.4, 0.5) is 0 Å². The summed E-state index contributed by atoms with van der Waals surface area (Å²) in [5.74, 6) is 0.174. The van der Waals surface area contributed by atoms with E-state index in [0.29, 0.717) is 6.04 Å². The Morgan fingerprint density at radius 3 is 2.65 bits per heavy atom. The normalized spacial score (nSPS) is 16.8. The van der Waals surface area contributed by atoms with Crippen LogP contribution in [0, 0.1) is 0 Å². The third-order valence-corrected chi connectivity index (χ3v) is 3.80. The number of carbonyl (C=O) groups is 1. The summed E-state index contributed by atoms with van der Waals surface area (Å²) in [7, 11) is 0. The van der Waals surface area contributed by atoms with Crippen LogP contribution in [0.15, 0.2) is 30.3 Å². The van der Waals surface area contributed by atoms with Crippen molar-refractivity contribution < 1.29 is 4.79 Å². The molecule has 17 heavy (non-hydrogen) atoms. The number of fused-ring (bicyclic) bond motifs is 1. The number of Topliss-reactive ketones (excluding diaryl/α,β-unsaturated/α-hetero) is 1. The molecule has 0 unspecified atom stereocenters. The topological polar surface area (TPSA) is 22.0 Å². The number of para-hydroxylation sites is 1. The summed E-state index contributed by atoms with van der Waals surface area (Å²) in [6.07, 6.45) is 4.99. The number of hydrogen-bond donors (Lipinski definition) is 0. The van der Waals surface area contributed by atoms with Crippen molar-refractivity contribution >= 4 is 16.7 Å². The summed E-state index contributed by atoms with van der Waals surface area (Å²) in [5, 5.41) is 1.18. The van der Waals surface area contributed by atoms with E-state index in [1.807, 2.05) is 12.1 Å². The quantitative estimate of drug-likeness (QED) is 0.712. The maximum absolute atomic E-state index is 11.8. The Bertz CT molecular complexity index is 561. The molecule has 3 rings (SSSR count). The molecule has 0 saturated heterocycles. The van der Waals surface area contributed by atoms with Gasteiger partial charge in [0, 0.05) is 23.9 Å². The molecule has 1 aliphatic rings. The molecule has 1 saturated carbocycles. The van der Waals surface area contributed by atoms with Gasteiger partial charge in [0.05, 0.1) is 5.69 Å². The lowest BCUT2D eigenvalue weighted by Crippen LogP contribution is -2.11. The van der Waals surface area contributed by atoms with E-state index in [4.69, 9.17) is 0 Å². The van der Waals surface area contributed by atoms with Crippen LogP contribution in [-0.4, -0.2) is 10.4 Å². The summed E-state index contributed by atoms with van der Waals surface area (Å²) in [6.45, 7) is 1.67. The molecule has 1 aromatic carbocycles. The largest absolute Gasteiger partial charge is 0.335 e. The molecule has 0 bridgehead atoms. The monoisotopic (exact) mass is 227 g/mol. The molecule has 88 valence electrons. The Morgan fingerprint density at radius 1 is 1.24 bits per heavy atom. The number of rotatable bonds is 2. The molecule has 0 amide bonds. The zero-order chi connectivity index (χ0) is 11.8. The Balaban J connectivity index is 2.24. The minimum atomic E-state index is 0.174. The zero-order valence-electron chi connectivity index (χ0n) is 10.1. The van der Waals surface area contributed by atoms with Gasteiger partial charge in [-0.1, -0.05) is 31.0 Å². The predicted molar refractivity (Wildman–Crippen MR) is 69.4 cm³/mol. The van der Waals surface area contributed by atoms with Crippen molar-refractivity contribution in [1.29, 1.82) is 0 Å². The molecule has 0 N–H and O–H groups in total. The van der Waals surface area contributed by atoms with Crippen molar-refractivity contribution in [3.8, 4) is 0 Å². The van der Waals surface area contributed by atoms with E-state index in [9.17, 15) is 4.79 Å². The molecule has 0 radical (unpaired) electrons. The molecular weight excluding hydrogens is 210 g/mol. The maximum Gasteiger partial charge on any atom is 0.176 e. The van der Waals surface area contributed by atoms with Crippen molar-refractivity contribution in [2.75, 3.05) is 0 Å². The van der Waals surface area contributed by atoms with Crippen LogP contribution in [0.25, 0.3) is 10.9 Å². The highest BCUT2D eigenvalue weighted by atomic mass is 16.1. The van der Waals surface area contributed by atoms with E-state index in [0.717, 1.165) is 5.69 Å². The van der Waals surface area contributed by atoms with E-state index < -0.39 is 0 Å². The average Bonchev–Trinajstić information content (AvgIpc) is 2.94. The molecular formula is C15H17NO. The van der Waals surface area contributed by atoms with Gasteiger partial charge in [-0.2, -0.15) is 0 Å². The molecule has 0 atom stereocenters. The van der Waals surface area contributed by atoms with E-state index >= 15 is 0 Å². The highest BCUT2D eigenvalue weighted by Crippen LogP contribution is 2.34.